The summed E-state index contributed by atoms with van der Waals surface area (Å²) in [6, 6.07) is 6.03. The summed E-state index contributed by atoms with van der Waals surface area (Å²) in [5, 5.41) is 2.81. The molecule has 1 aromatic carbocycles. The third-order valence-corrected chi connectivity index (χ3v) is 6.71. The summed E-state index contributed by atoms with van der Waals surface area (Å²) in [5.41, 5.74) is 6.41. The fourth-order valence-corrected chi connectivity index (χ4v) is 4.85. The first-order valence-electron chi connectivity index (χ1n) is 9.07. The second-order valence-electron chi connectivity index (χ2n) is 7.32. The fraction of sp³-hybridized carbons (Fsp3) is 0.611. The van der Waals surface area contributed by atoms with Gasteiger partial charge in [-0.2, -0.15) is 4.31 Å². The lowest BCUT2D eigenvalue weighted by Gasteiger charge is -2.34. The van der Waals surface area contributed by atoms with E-state index in [4.69, 9.17) is 10.5 Å². The van der Waals surface area contributed by atoms with E-state index in [1.165, 1.54) is 28.6 Å². The van der Waals surface area contributed by atoms with E-state index < -0.39 is 10.0 Å². The molecule has 0 spiro atoms. The number of nitrogens with two attached hydrogens (primary N) is 1. The highest BCUT2D eigenvalue weighted by atomic mass is 35.5. The number of nitrogens with one attached hydrogen (secondary N) is 1. The van der Waals surface area contributed by atoms with Crippen molar-refractivity contribution < 1.29 is 17.9 Å². The van der Waals surface area contributed by atoms with Crippen molar-refractivity contribution in [2.24, 2.45) is 11.7 Å². The third kappa shape index (κ3) is 5.42. The van der Waals surface area contributed by atoms with Gasteiger partial charge < -0.3 is 15.8 Å². The number of ether oxygens (including phenoxy) is 1. The molecule has 3 atom stereocenters. The zero-order valence-electron chi connectivity index (χ0n) is 15.6. The second kappa shape index (κ2) is 8.87. The minimum atomic E-state index is -3.60. The molecule has 152 valence electrons. The first-order chi connectivity index (χ1) is 12.3. The van der Waals surface area contributed by atoms with Crippen LogP contribution >= 0.6 is 12.4 Å². The number of carbonyl (C=O) groups excluding carboxylic acids is 1. The fourth-order valence-electron chi connectivity index (χ4n) is 3.26. The molecule has 3 rings (SSSR count). The van der Waals surface area contributed by atoms with Crippen molar-refractivity contribution in [3.05, 3.63) is 29.8 Å². The van der Waals surface area contributed by atoms with Crippen LogP contribution in [0.1, 0.15) is 37.0 Å². The average Bonchev–Trinajstić information content (AvgIpc) is 3.43. The highest BCUT2D eigenvalue weighted by Crippen LogP contribution is 2.31. The number of morpholine rings is 1. The van der Waals surface area contributed by atoms with E-state index >= 15 is 0 Å². The molecule has 2 fully saturated rings. The van der Waals surface area contributed by atoms with Crippen LogP contribution in [0.25, 0.3) is 0 Å². The minimum absolute atomic E-state index is 0. The summed E-state index contributed by atoms with van der Waals surface area (Å²) >= 11 is 0. The van der Waals surface area contributed by atoms with Gasteiger partial charge in [-0.05, 0) is 56.9 Å². The molecule has 9 heteroatoms. The molecule has 0 radical (unpaired) electrons. The molecule has 1 aromatic rings. The molecular formula is C18H28ClN3O4S. The molecule has 1 amide bonds. The number of hydrogen-bond acceptors (Lipinski definition) is 5. The SMILES string of the molecule is CC1CN(S(=O)(=O)c2ccc(C(=O)NCC(N)C3CC3)cc2)CC(C)O1.Cl. The van der Waals surface area contributed by atoms with Gasteiger partial charge in [-0.1, -0.05) is 0 Å². The normalized spacial score (nSPS) is 24.7. The maximum absolute atomic E-state index is 12.8. The van der Waals surface area contributed by atoms with Crippen molar-refractivity contribution >= 4 is 28.3 Å². The Morgan fingerprint density at radius 1 is 1.22 bits per heavy atom. The molecule has 2 aliphatic rings. The third-order valence-electron chi connectivity index (χ3n) is 4.87. The van der Waals surface area contributed by atoms with Gasteiger partial charge >= 0.3 is 0 Å². The summed E-state index contributed by atoms with van der Waals surface area (Å²) in [4.78, 5) is 12.4. The maximum Gasteiger partial charge on any atom is 0.251 e. The first kappa shape index (κ1) is 22.1. The van der Waals surface area contributed by atoms with E-state index in [-0.39, 0.29) is 41.5 Å². The molecule has 1 aliphatic carbocycles. The Labute approximate surface area is 167 Å². The Balaban J connectivity index is 0.00000261. The van der Waals surface area contributed by atoms with Crippen molar-refractivity contribution in [1.82, 2.24) is 9.62 Å². The van der Waals surface area contributed by atoms with Crippen LogP contribution in [0.4, 0.5) is 0 Å². The average molecular weight is 418 g/mol. The van der Waals surface area contributed by atoms with Crippen molar-refractivity contribution in [3.63, 3.8) is 0 Å². The van der Waals surface area contributed by atoms with E-state index in [9.17, 15) is 13.2 Å². The van der Waals surface area contributed by atoms with E-state index in [1.54, 1.807) is 0 Å². The Hall–Kier alpha value is -1.19. The number of benzene rings is 1. The lowest BCUT2D eigenvalue weighted by molar-refractivity contribution is -0.0440. The van der Waals surface area contributed by atoms with Gasteiger partial charge in [0.15, 0.2) is 0 Å². The summed E-state index contributed by atoms with van der Waals surface area (Å²) < 4.78 is 32.7. The van der Waals surface area contributed by atoms with Crippen LogP contribution in [0.3, 0.4) is 0 Å². The molecule has 0 aromatic heterocycles. The number of sulfonamides is 1. The van der Waals surface area contributed by atoms with Crippen molar-refractivity contribution in [3.8, 4) is 0 Å². The molecule has 1 saturated carbocycles. The van der Waals surface area contributed by atoms with Gasteiger partial charge in [-0.3, -0.25) is 4.79 Å². The zero-order chi connectivity index (χ0) is 18.9. The number of amides is 1. The van der Waals surface area contributed by atoms with E-state index in [2.05, 4.69) is 5.32 Å². The van der Waals surface area contributed by atoms with Crippen LogP contribution in [0, 0.1) is 5.92 Å². The molecular weight excluding hydrogens is 390 g/mol. The van der Waals surface area contributed by atoms with E-state index in [1.807, 2.05) is 13.8 Å². The lowest BCUT2D eigenvalue weighted by Crippen LogP contribution is -2.48. The molecule has 1 saturated heterocycles. The monoisotopic (exact) mass is 417 g/mol. The van der Waals surface area contributed by atoms with Gasteiger partial charge in [-0.25, -0.2) is 8.42 Å². The molecule has 7 nitrogen and oxygen atoms in total. The van der Waals surface area contributed by atoms with Crippen LogP contribution in [-0.2, 0) is 14.8 Å². The topological polar surface area (TPSA) is 102 Å². The second-order valence-corrected chi connectivity index (χ2v) is 9.25. The molecule has 3 unspecified atom stereocenters. The molecule has 1 aliphatic heterocycles. The van der Waals surface area contributed by atoms with Crippen molar-refractivity contribution in [2.75, 3.05) is 19.6 Å². The number of carbonyl (C=O) groups is 1. The quantitative estimate of drug-likeness (QED) is 0.727. The van der Waals surface area contributed by atoms with Crippen molar-refractivity contribution in [2.45, 2.75) is 49.8 Å². The van der Waals surface area contributed by atoms with Crippen LogP contribution in [0.15, 0.2) is 29.2 Å². The standard InChI is InChI=1S/C18H27N3O4S.ClH/c1-12-10-21(11-13(2)25-12)26(23,24)16-7-5-15(6-8-16)18(22)20-9-17(19)14-3-4-14;/h5-8,12-14,17H,3-4,9-11,19H2,1-2H3,(H,20,22);1H. The smallest absolute Gasteiger partial charge is 0.251 e. The largest absolute Gasteiger partial charge is 0.373 e. The van der Waals surface area contributed by atoms with Crippen LogP contribution in [0.5, 0.6) is 0 Å². The van der Waals surface area contributed by atoms with Crippen LogP contribution in [-0.4, -0.2) is 56.5 Å². The Morgan fingerprint density at radius 3 is 2.30 bits per heavy atom. The summed E-state index contributed by atoms with van der Waals surface area (Å²) in [7, 11) is -3.60. The minimum Gasteiger partial charge on any atom is -0.373 e. The van der Waals surface area contributed by atoms with Crippen LogP contribution < -0.4 is 11.1 Å². The number of hydrogen-bond donors (Lipinski definition) is 2. The van der Waals surface area contributed by atoms with E-state index in [0.717, 1.165) is 12.8 Å². The Bertz CT molecular complexity index is 742. The zero-order valence-corrected chi connectivity index (χ0v) is 17.3. The molecule has 0 bridgehead atoms. The Morgan fingerprint density at radius 2 is 1.78 bits per heavy atom. The van der Waals surface area contributed by atoms with Gasteiger partial charge in [0.25, 0.3) is 5.91 Å². The first-order valence-corrected chi connectivity index (χ1v) is 10.5. The van der Waals surface area contributed by atoms with Gasteiger partial charge in [0.1, 0.15) is 0 Å². The summed E-state index contributed by atoms with van der Waals surface area (Å²) in [6.07, 6.45) is 1.97. The number of rotatable bonds is 6. The highest BCUT2D eigenvalue weighted by Gasteiger charge is 2.32. The molecule has 1 heterocycles. The molecule has 3 N–H and O–H groups in total. The van der Waals surface area contributed by atoms with Gasteiger partial charge in [0, 0.05) is 31.2 Å². The highest BCUT2D eigenvalue weighted by molar-refractivity contribution is 7.89. The van der Waals surface area contributed by atoms with Crippen molar-refractivity contribution in [1.29, 1.82) is 0 Å². The maximum atomic E-state index is 12.8. The van der Waals surface area contributed by atoms with E-state index in [0.29, 0.717) is 31.1 Å². The van der Waals surface area contributed by atoms with Crippen LogP contribution in [0.2, 0.25) is 0 Å². The van der Waals surface area contributed by atoms with Gasteiger partial charge in [0.05, 0.1) is 17.1 Å². The Kier molecular flexibility index (Phi) is 7.27. The summed E-state index contributed by atoms with van der Waals surface area (Å²) in [6.45, 7) is 4.81. The number of halogens is 1. The van der Waals surface area contributed by atoms with Gasteiger partial charge in [0.2, 0.25) is 10.0 Å². The molecule has 27 heavy (non-hydrogen) atoms. The predicted octanol–water partition coefficient (Wildman–Crippen LogP) is 1.37. The predicted molar refractivity (Wildman–Crippen MR) is 105 cm³/mol. The van der Waals surface area contributed by atoms with Gasteiger partial charge in [-0.15, -0.1) is 12.4 Å². The number of nitrogens with zero attached hydrogens (tertiary/aromatic N) is 1. The lowest BCUT2D eigenvalue weighted by atomic mass is 10.2. The summed E-state index contributed by atoms with van der Waals surface area (Å²) in [5.74, 6) is 0.278.